The molecule has 1 amide bonds. The number of rotatable bonds is 7. The van der Waals surface area contributed by atoms with Crippen molar-refractivity contribution in [3.63, 3.8) is 0 Å². The molecule has 0 radical (unpaired) electrons. The first-order valence-electron chi connectivity index (χ1n) is 11.4. The third-order valence-corrected chi connectivity index (χ3v) is 5.62. The number of carbonyl (C=O) groups is 1. The van der Waals surface area contributed by atoms with Gasteiger partial charge in [0.25, 0.3) is 5.91 Å². The molecule has 1 aliphatic rings. The van der Waals surface area contributed by atoms with Crippen molar-refractivity contribution in [3.05, 3.63) is 95.0 Å². The highest BCUT2D eigenvalue weighted by Crippen LogP contribution is 2.33. The molecule has 0 fully saturated rings. The van der Waals surface area contributed by atoms with Crippen molar-refractivity contribution in [2.45, 2.75) is 20.0 Å². The summed E-state index contributed by atoms with van der Waals surface area (Å²) in [5.74, 6) is -0.566. The van der Waals surface area contributed by atoms with E-state index in [1.807, 2.05) is 6.92 Å². The van der Waals surface area contributed by atoms with Crippen molar-refractivity contribution < 1.29 is 18.0 Å². The molecule has 0 saturated carbocycles. The number of halogens is 3. The summed E-state index contributed by atoms with van der Waals surface area (Å²) in [5.41, 5.74) is 9.08. The molecule has 3 N–H and O–H groups in total. The van der Waals surface area contributed by atoms with E-state index in [1.165, 1.54) is 17.0 Å². The van der Waals surface area contributed by atoms with Crippen LogP contribution in [0, 0.1) is 13.8 Å². The van der Waals surface area contributed by atoms with Crippen molar-refractivity contribution in [3.8, 4) is 5.69 Å². The van der Waals surface area contributed by atoms with Crippen LogP contribution in [0.25, 0.3) is 5.69 Å². The topological polar surface area (TPSA) is 98.9 Å². The third kappa shape index (κ3) is 5.81. The molecule has 0 unspecified atom stereocenters. The number of hydrogen-bond donors (Lipinski definition) is 3. The summed E-state index contributed by atoms with van der Waals surface area (Å²) in [6.45, 7) is 7.06. The Bertz CT molecular complexity index is 1470. The van der Waals surface area contributed by atoms with Crippen molar-refractivity contribution in [1.82, 2.24) is 20.5 Å². The second kappa shape index (κ2) is 10.7. The predicted octanol–water partition coefficient (Wildman–Crippen LogP) is 4.72. The van der Waals surface area contributed by atoms with E-state index in [4.69, 9.17) is 0 Å². The molecule has 9 nitrogen and oxygen atoms in total. The molecule has 12 heteroatoms. The van der Waals surface area contributed by atoms with E-state index in [2.05, 4.69) is 38.0 Å². The molecule has 0 spiro atoms. The predicted molar refractivity (Wildman–Crippen MR) is 141 cm³/mol. The zero-order chi connectivity index (χ0) is 27.4. The van der Waals surface area contributed by atoms with E-state index in [1.54, 1.807) is 62.0 Å². The molecule has 1 aromatic heterocycles. The first-order chi connectivity index (χ1) is 18.1. The van der Waals surface area contributed by atoms with E-state index >= 15 is 0 Å². The van der Waals surface area contributed by atoms with Crippen LogP contribution in [-0.2, 0) is 6.18 Å². The van der Waals surface area contributed by atoms with Gasteiger partial charge in [0, 0.05) is 54.4 Å². The van der Waals surface area contributed by atoms with Gasteiger partial charge in [0.2, 0.25) is 0 Å². The van der Waals surface area contributed by atoms with Crippen LogP contribution in [0.2, 0.25) is 0 Å². The lowest BCUT2D eigenvalue weighted by Crippen LogP contribution is -2.37. The maximum atomic E-state index is 13.6. The highest BCUT2D eigenvalue weighted by molar-refractivity contribution is 6.05. The summed E-state index contributed by atoms with van der Waals surface area (Å²) in [7, 11) is 1.63. The fourth-order valence-electron chi connectivity index (χ4n) is 3.77. The number of imidazole rings is 1. The van der Waals surface area contributed by atoms with Gasteiger partial charge in [-0.15, -0.1) is 5.53 Å². The van der Waals surface area contributed by atoms with Gasteiger partial charge in [-0.3, -0.25) is 19.8 Å². The van der Waals surface area contributed by atoms with Crippen molar-refractivity contribution in [1.29, 1.82) is 0 Å². The number of allylic oxidation sites excluding steroid dienone is 1. The summed E-state index contributed by atoms with van der Waals surface area (Å²) >= 11 is 0. The van der Waals surface area contributed by atoms with Crippen LogP contribution in [-0.4, -0.2) is 35.4 Å². The van der Waals surface area contributed by atoms with Gasteiger partial charge in [-0.1, -0.05) is 6.07 Å². The second-order valence-electron chi connectivity index (χ2n) is 8.45. The van der Waals surface area contributed by atoms with Crippen LogP contribution in [0.5, 0.6) is 0 Å². The van der Waals surface area contributed by atoms with Gasteiger partial charge in [-0.25, -0.2) is 4.98 Å². The lowest BCUT2D eigenvalue weighted by Gasteiger charge is -2.19. The number of aliphatic imine (C=N–C) groups is 2. The Morgan fingerprint density at radius 3 is 2.63 bits per heavy atom. The molecular formula is C26H25F3N8O. The van der Waals surface area contributed by atoms with Gasteiger partial charge in [0.1, 0.15) is 0 Å². The number of hydrazine groups is 2. The molecule has 1 aliphatic heterocycles. The molecule has 0 atom stereocenters. The molecule has 0 aliphatic carbocycles. The first-order valence-corrected chi connectivity index (χ1v) is 11.4. The Balaban J connectivity index is 1.63. The summed E-state index contributed by atoms with van der Waals surface area (Å²) in [5, 5.41) is 4.27. The number of aryl methyl sites for hydroxylation is 2. The second-order valence-corrected chi connectivity index (χ2v) is 8.45. The normalized spacial score (nSPS) is 14.0. The first kappa shape index (κ1) is 26.4. The number of benzene rings is 2. The highest BCUT2D eigenvalue weighted by Gasteiger charge is 2.31. The molecular weight excluding hydrogens is 497 g/mol. The lowest BCUT2D eigenvalue weighted by atomic mass is 10.1. The molecule has 0 saturated heterocycles. The Hall–Kier alpha value is -4.71. The van der Waals surface area contributed by atoms with Crippen LogP contribution in [0.1, 0.15) is 27.2 Å². The molecule has 2 aromatic carbocycles. The average Bonchev–Trinajstić information content (AvgIpc) is 3.53. The smallest absolute Gasteiger partial charge is 0.322 e. The van der Waals surface area contributed by atoms with Crippen LogP contribution in [0.3, 0.4) is 0 Å². The van der Waals surface area contributed by atoms with E-state index in [-0.39, 0.29) is 16.9 Å². The number of nitrogens with one attached hydrogen (secondary N) is 3. The number of amides is 1. The minimum atomic E-state index is -4.60. The third-order valence-electron chi connectivity index (χ3n) is 5.62. The minimum Gasteiger partial charge on any atom is -0.322 e. The summed E-state index contributed by atoms with van der Waals surface area (Å²) in [4.78, 5) is 25.0. The highest BCUT2D eigenvalue weighted by atomic mass is 19.4. The zero-order valence-electron chi connectivity index (χ0n) is 20.8. The van der Waals surface area contributed by atoms with Crippen LogP contribution in [0.4, 0.5) is 24.5 Å². The molecule has 2 heterocycles. The van der Waals surface area contributed by atoms with Gasteiger partial charge in [-0.2, -0.15) is 13.2 Å². The molecule has 0 bridgehead atoms. The number of anilines is 2. The molecule has 38 heavy (non-hydrogen) atoms. The number of alkyl halides is 3. The maximum absolute atomic E-state index is 13.6. The van der Waals surface area contributed by atoms with Crippen LogP contribution < -0.4 is 21.3 Å². The summed E-state index contributed by atoms with van der Waals surface area (Å²) < 4.78 is 42.3. The Kier molecular flexibility index (Phi) is 7.44. The van der Waals surface area contributed by atoms with E-state index < -0.39 is 17.6 Å². The SMILES string of the molecule is C=N/C=C(\C=NC)C1=CN(c2cc(C(=O)Nc3cc(-n4cnc(C)c4)cc(C(F)(F)F)c3)ccc2C)NN1. The Labute approximate surface area is 217 Å². The van der Waals surface area contributed by atoms with Crippen LogP contribution >= 0.6 is 0 Å². The largest absolute Gasteiger partial charge is 0.416 e. The fourth-order valence-corrected chi connectivity index (χ4v) is 3.77. The van der Waals surface area contributed by atoms with E-state index in [0.717, 1.165) is 17.7 Å². The maximum Gasteiger partial charge on any atom is 0.416 e. The van der Waals surface area contributed by atoms with Crippen molar-refractivity contribution in [2.24, 2.45) is 9.98 Å². The molecule has 196 valence electrons. The minimum absolute atomic E-state index is 0.00186. The van der Waals surface area contributed by atoms with E-state index in [9.17, 15) is 18.0 Å². The quantitative estimate of drug-likeness (QED) is 0.390. The number of hydrogen-bond acceptors (Lipinski definition) is 7. The Morgan fingerprint density at radius 2 is 1.97 bits per heavy atom. The lowest BCUT2D eigenvalue weighted by molar-refractivity contribution is -0.137. The van der Waals surface area contributed by atoms with Gasteiger partial charge in [0.15, 0.2) is 0 Å². The number of carbonyl (C=O) groups excluding carboxylic acids is 1. The fraction of sp³-hybridized carbons (Fsp3) is 0.154. The zero-order valence-corrected chi connectivity index (χ0v) is 20.8. The van der Waals surface area contributed by atoms with Gasteiger partial charge >= 0.3 is 6.18 Å². The van der Waals surface area contributed by atoms with Gasteiger partial charge in [-0.05, 0) is 56.5 Å². The van der Waals surface area contributed by atoms with Gasteiger partial charge < -0.3 is 15.3 Å². The summed E-state index contributed by atoms with van der Waals surface area (Å²) in [6, 6.07) is 8.35. The Morgan fingerprint density at radius 1 is 1.18 bits per heavy atom. The summed E-state index contributed by atoms with van der Waals surface area (Å²) in [6.07, 6.45) is 3.34. The number of nitrogens with zero attached hydrogens (tertiary/aromatic N) is 5. The van der Waals surface area contributed by atoms with Crippen molar-refractivity contribution >= 4 is 30.2 Å². The number of aromatic nitrogens is 2. The molecule has 4 rings (SSSR count). The molecule has 3 aromatic rings. The van der Waals surface area contributed by atoms with Gasteiger partial charge in [0.05, 0.1) is 29.0 Å². The average molecular weight is 523 g/mol. The monoisotopic (exact) mass is 522 g/mol. The van der Waals surface area contributed by atoms with Crippen molar-refractivity contribution in [2.75, 3.05) is 17.4 Å². The standard InChI is InChI=1S/C26H25F3N8O/c1-16-5-6-18(7-24(16)37-14-23(34-35-37)19(11-30-3)12-31-4)25(38)33-21-8-20(26(27,28)29)9-22(10-21)36-13-17(2)32-15-36/h5-15,34-35H,3H2,1-2,4H3,(H,33,38)/b19-11+,31-12?. The van der Waals surface area contributed by atoms with Crippen LogP contribution in [0.15, 0.2) is 82.6 Å². The van der Waals surface area contributed by atoms with E-state index in [0.29, 0.717) is 22.7 Å².